The molecule has 3 N–H and O–H groups in total. The Bertz CT molecular complexity index is 213. The summed E-state index contributed by atoms with van der Waals surface area (Å²) < 4.78 is 0. The van der Waals surface area contributed by atoms with E-state index in [1.165, 1.54) is 19.3 Å². The van der Waals surface area contributed by atoms with Crippen LogP contribution < -0.4 is 5.73 Å². The molecule has 0 bridgehead atoms. The highest BCUT2D eigenvalue weighted by molar-refractivity contribution is 5.76. The van der Waals surface area contributed by atoms with E-state index in [1.807, 2.05) is 0 Å². The molecule has 0 aromatic carbocycles. The van der Waals surface area contributed by atoms with Crippen molar-refractivity contribution in [2.45, 2.75) is 32.1 Å². The van der Waals surface area contributed by atoms with Gasteiger partial charge in [-0.3, -0.25) is 4.79 Å². The second-order valence-corrected chi connectivity index (χ2v) is 4.50. The van der Waals surface area contributed by atoms with Gasteiger partial charge in [0.25, 0.3) is 0 Å². The summed E-state index contributed by atoms with van der Waals surface area (Å²) in [5.41, 5.74) is 5.33. The van der Waals surface area contributed by atoms with Gasteiger partial charge in [0.05, 0.1) is 5.41 Å². The molecule has 2 aliphatic carbocycles. The van der Waals surface area contributed by atoms with E-state index in [0.29, 0.717) is 12.0 Å². The summed E-state index contributed by atoms with van der Waals surface area (Å²) in [5, 5.41) is 8.96. The summed E-state index contributed by atoms with van der Waals surface area (Å²) in [6, 6.07) is 0. The Morgan fingerprint density at radius 1 is 1.42 bits per heavy atom. The van der Waals surface area contributed by atoms with Gasteiger partial charge in [-0.15, -0.1) is 0 Å². The molecule has 0 aromatic rings. The monoisotopic (exact) mass is 169 g/mol. The van der Waals surface area contributed by atoms with Crippen LogP contribution in [0, 0.1) is 10.8 Å². The molecule has 2 rings (SSSR count). The van der Waals surface area contributed by atoms with E-state index in [1.54, 1.807) is 0 Å². The predicted octanol–water partition coefficient (Wildman–Crippen LogP) is 0.980. The molecular formula is C9H15NO2. The fourth-order valence-corrected chi connectivity index (χ4v) is 2.80. The zero-order chi connectivity index (χ0) is 8.82. The van der Waals surface area contributed by atoms with Crippen molar-refractivity contribution in [1.29, 1.82) is 0 Å². The second-order valence-electron chi connectivity index (χ2n) is 4.50. The first kappa shape index (κ1) is 8.05. The molecule has 2 fully saturated rings. The molecule has 0 unspecified atom stereocenters. The van der Waals surface area contributed by atoms with Gasteiger partial charge in [-0.1, -0.05) is 6.42 Å². The molecule has 2 aliphatic rings. The molecule has 0 saturated heterocycles. The normalized spacial score (nSPS) is 29.1. The first-order chi connectivity index (χ1) is 5.63. The van der Waals surface area contributed by atoms with Crippen LogP contribution in [-0.2, 0) is 4.79 Å². The van der Waals surface area contributed by atoms with Gasteiger partial charge in [-0.25, -0.2) is 0 Å². The van der Waals surface area contributed by atoms with Crippen LogP contribution in [0.15, 0.2) is 0 Å². The summed E-state index contributed by atoms with van der Waals surface area (Å²) in [5.74, 6) is -0.692. The number of carbonyl (C=O) groups is 1. The Morgan fingerprint density at radius 2 is 2.00 bits per heavy atom. The van der Waals surface area contributed by atoms with E-state index in [0.717, 1.165) is 12.8 Å². The smallest absolute Gasteiger partial charge is 0.310 e. The summed E-state index contributed by atoms with van der Waals surface area (Å²) in [7, 11) is 0. The van der Waals surface area contributed by atoms with Gasteiger partial charge in [-0.05, 0) is 31.1 Å². The van der Waals surface area contributed by atoms with E-state index < -0.39 is 11.4 Å². The standard InChI is InChI=1S/C9H15NO2/c10-6-9(7(11)12)4-8(5-9)2-1-3-8/h1-6,10H2,(H,11,12). The van der Waals surface area contributed by atoms with E-state index in [-0.39, 0.29) is 0 Å². The van der Waals surface area contributed by atoms with Crippen LogP contribution in [0.2, 0.25) is 0 Å². The lowest BCUT2D eigenvalue weighted by molar-refractivity contribution is -0.172. The van der Waals surface area contributed by atoms with Gasteiger partial charge in [0.1, 0.15) is 0 Å². The zero-order valence-electron chi connectivity index (χ0n) is 7.18. The molecule has 0 radical (unpaired) electrons. The van der Waals surface area contributed by atoms with Gasteiger partial charge < -0.3 is 10.8 Å². The highest BCUT2D eigenvalue weighted by atomic mass is 16.4. The molecule has 2 saturated carbocycles. The summed E-state index contributed by atoms with van der Waals surface area (Å²) in [6.07, 6.45) is 5.38. The van der Waals surface area contributed by atoms with E-state index in [2.05, 4.69) is 0 Å². The van der Waals surface area contributed by atoms with Crippen molar-refractivity contribution < 1.29 is 9.90 Å². The molecule has 3 nitrogen and oxygen atoms in total. The van der Waals surface area contributed by atoms with Crippen LogP contribution in [0.25, 0.3) is 0 Å². The number of carboxylic acids is 1. The van der Waals surface area contributed by atoms with Gasteiger partial charge in [-0.2, -0.15) is 0 Å². The SMILES string of the molecule is NCC1(C(=O)O)CC2(CCC2)C1. The van der Waals surface area contributed by atoms with Crippen LogP contribution in [0.1, 0.15) is 32.1 Å². The maximum Gasteiger partial charge on any atom is 0.310 e. The molecule has 0 atom stereocenters. The number of hydrogen-bond acceptors (Lipinski definition) is 2. The fourth-order valence-electron chi connectivity index (χ4n) is 2.80. The average molecular weight is 169 g/mol. The van der Waals surface area contributed by atoms with Crippen LogP contribution in [0.5, 0.6) is 0 Å². The van der Waals surface area contributed by atoms with Crippen molar-refractivity contribution in [2.24, 2.45) is 16.6 Å². The number of nitrogens with two attached hydrogens (primary N) is 1. The Labute approximate surface area is 71.9 Å². The Morgan fingerprint density at radius 3 is 2.25 bits per heavy atom. The lowest BCUT2D eigenvalue weighted by atomic mass is 9.45. The second kappa shape index (κ2) is 2.22. The maximum atomic E-state index is 10.9. The van der Waals surface area contributed by atoms with Gasteiger partial charge in [0.15, 0.2) is 0 Å². The van der Waals surface area contributed by atoms with Crippen molar-refractivity contribution in [2.75, 3.05) is 6.54 Å². The van der Waals surface area contributed by atoms with E-state index >= 15 is 0 Å². The summed E-state index contributed by atoms with van der Waals surface area (Å²) in [4.78, 5) is 10.9. The quantitative estimate of drug-likeness (QED) is 0.647. The van der Waals surface area contributed by atoms with Gasteiger partial charge in [0.2, 0.25) is 0 Å². The maximum absolute atomic E-state index is 10.9. The Hall–Kier alpha value is -0.570. The highest BCUT2D eigenvalue weighted by Gasteiger charge is 2.60. The van der Waals surface area contributed by atoms with E-state index in [4.69, 9.17) is 10.8 Å². The van der Waals surface area contributed by atoms with Crippen molar-refractivity contribution >= 4 is 5.97 Å². The molecule has 12 heavy (non-hydrogen) atoms. The third-order valence-corrected chi connectivity index (χ3v) is 3.69. The number of rotatable bonds is 2. The topological polar surface area (TPSA) is 63.3 Å². The van der Waals surface area contributed by atoms with Crippen molar-refractivity contribution in [1.82, 2.24) is 0 Å². The fraction of sp³-hybridized carbons (Fsp3) is 0.889. The highest BCUT2D eigenvalue weighted by Crippen LogP contribution is 2.64. The lowest BCUT2D eigenvalue weighted by Gasteiger charge is -2.58. The van der Waals surface area contributed by atoms with Crippen molar-refractivity contribution in [3.8, 4) is 0 Å². The van der Waals surface area contributed by atoms with Crippen molar-refractivity contribution in [3.63, 3.8) is 0 Å². The molecule has 0 aliphatic heterocycles. The molecule has 0 amide bonds. The minimum absolute atomic E-state index is 0.310. The summed E-state index contributed by atoms with van der Waals surface area (Å²) in [6.45, 7) is 0.310. The molecule has 0 aromatic heterocycles. The third kappa shape index (κ3) is 0.829. The average Bonchev–Trinajstić information content (AvgIpc) is 1.82. The molecular weight excluding hydrogens is 154 g/mol. The summed E-state index contributed by atoms with van der Waals surface area (Å²) >= 11 is 0. The first-order valence-corrected chi connectivity index (χ1v) is 4.56. The van der Waals surface area contributed by atoms with Crippen molar-refractivity contribution in [3.05, 3.63) is 0 Å². The Kier molecular flexibility index (Phi) is 1.49. The number of carboxylic acid groups (broad SMARTS) is 1. The first-order valence-electron chi connectivity index (χ1n) is 4.56. The zero-order valence-corrected chi connectivity index (χ0v) is 7.18. The van der Waals surface area contributed by atoms with Crippen LogP contribution >= 0.6 is 0 Å². The molecule has 0 heterocycles. The van der Waals surface area contributed by atoms with Gasteiger partial charge >= 0.3 is 5.97 Å². The number of hydrogen-bond donors (Lipinski definition) is 2. The van der Waals surface area contributed by atoms with Crippen LogP contribution in [0.3, 0.4) is 0 Å². The van der Waals surface area contributed by atoms with E-state index in [9.17, 15) is 4.79 Å². The van der Waals surface area contributed by atoms with Crippen LogP contribution in [0.4, 0.5) is 0 Å². The molecule has 1 spiro atoms. The molecule has 3 heteroatoms. The Balaban J connectivity index is 2.03. The molecule has 68 valence electrons. The number of aliphatic carboxylic acids is 1. The largest absolute Gasteiger partial charge is 0.481 e. The minimum atomic E-state index is -0.692. The van der Waals surface area contributed by atoms with Crippen LogP contribution in [-0.4, -0.2) is 17.6 Å². The predicted molar refractivity (Wildman–Crippen MR) is 44.6 cm³/mol. The minimum Gasteiger partial charge on any atom is -0.481 e. The van der Waals surface area contributed by atoms with Gasteiger partial charge in [0, 0.05) is 6.54 Å². The third-order valence-electron chi connectivity index (χ3n) is 3.69. The lowest BCUT2D eigenvalue weighted by Crippen LogP contribution is -2.57.